The maximum atomic E-state index is 13.0. The normalized spacial score (nSPS) is 13.9. The summed E-state index contributed by atoms with van der Waals surface area (Å²) in [4.78, 5) is 13.0. The summed E-state index contributed by atoms with van der Waals surface area (Å²) in [6.45, 7) is 1.64. The SMILES string of the molecule is Nc1cccc2c1c1c(n2C(=O)Cc2ccccc2)CNCC1. The van der Waals surface area contributed by atoms with E-state index in [0.717, 1.165) is 40.8 Å². The molecule has 1 aliphatic rings. The van der Waals surface area contributed by atoms with Crippen LogP contribution in [0, 0.1) is 0 Å². The van der Waals surface area contributed by atoms with E-state index < -0.39 is 0 Å². The molecular weight excluding hydrogens is 286 g/mol. The second kappa shape index (κ2) is 5.56. The Morgan fingerprint density at radius 2 is 1.96 bits per heavy atom. The van der Waals surface area contributed by atoms with Crippen molar-refractivity contribution in [1.29, 1.82) is 0 Å². The highest BCUT2D eigenvalue weighted by Crippen LogP contribution is 2.32. The van der Waals surface area contributed by atoms with Crippen LogP contribution in [0.3, 0.4) is 0 Å². The Labute approximate surface area is 134 Å². The van der Waals surface area contributed by atoms with Gasteiger partial charge < -0.3 is 11.1 Å². The Bertz CT molecular complexity index is 881. The number of aromatic nitrogens is 1. The van der Waals surface area contributed by atoms with E-state index in [1.165, 1.54) is 5.56 Å². The Kier molecular flexibility index (Phi) is 3.39. The van der Waals surface area contributed by atoms with Crippen LogP contribution in [0.15, 0.2) is 48.5 Å². The van der Waals surface area contributed by atoms with Crippen LogP contribution in [-0.4, -0.2) is 17.0 Å². The first-order valence-corrected chi connectivity index (χ1v) is 7.94. The van der Waals surface area contributed by atoms with Gasteiger partial charge in [0.15, 0.2) is 0 Å². The van der Waals surface area contributed by atoms with Gasteiger partial charge in [0.05, 0.1) is 11.9 Å². The first-order valence-electron chi connectivity index (χ1n) is 7.94. The molecule has 0 spiro atoms. The van der Waals surface area contributed by atoms with E-state index in [-0.39, 0.29) is 5.91 Å². The molecule has 0 fully saturated rings. The molecule has 0 unspecified atom stereocenters. The quantitative estimate of drug-likeness (QED) is 0.716. The number of hydrogen-bond acceptors (Lipinski definition) is 3. The van der Waals surface area contributed by atoms with E-state index >= 15 is 0 Å². The van der Waals surface area contributed by atoms with Crippen LogP contribution in [0.4, 0.5) is 5.69 Å². The van der Waals surface area contributed by atoms with Gasteiger partial charge >= 0.3 is 0 Å². The third kappa shape index (κ3) is 2.32. The molecule has 0 radical (unpaired) electrons. The molecule has 4 rings (SSSR count). The number of rotatable bonds is 2. The van der Waals surface area contributed by atoms with Gasteiger partial charge in [0.2, 0.25) is 5.91 Å². The molecule has 1 aromatic heterocycles. The van der Waals surface area contributed by atoms with Crippen molar-refractivity contribution in [2.45, 2.75) is 19.4 Å². The minimum Gasteiger partial charge on any atom is -0.398 e. The predicted molar refractivity (Wildman–Crippen MR) is 92.5 cm³/mol. The number of nitrogens with zero attached hydrogens (tertiary/aromatic N) is 1. The lowest BCUT2D eigenvalue weighted by atomic mass is 10.0. The summed E-state index contributed by atoms with van der Waals surface area (Å²) in [5.74, 6) is 0.0942. The largest absolute Gasteiger partial charge is 0.398 e. The van der Waals surface area contributed by atoms with E-state index in [2.05, 4.69) is 5.32 Å². The van der Waals surface area contributed by atoms with Crippen molar-refractivity contribution in [3.8, 4) is 0 Å². The molecule has 2 aromatic carbocycles. The van der Waals surface area contributed by atoms with Crippen LogP contribution in [-0.2, 0) is 19.4 Å². The highest BCUT2D eigenvalue weighted by Gasteiger charge is 2.24. The van der Waals surface area contributed by atoms with Gasteiger partial charge in [-0.1, -0.05) is 36.4 Å². The summed E-state index contributed by atoms with van der Waals surface area (Å²) in [5, 5.41) is 4.41. The number of fused-ring (bicyclic) bond motifs is 3. The highest BCUT2D eigenvalue weighted by atomic mass is 16.2. The van der Waals surface area contributed by atoms with Crippen LogP contribution >= 0.6 is 0 Å². The first-order chi connectivity index (χ1) is 11.3. The predicted octanol–water partition coefficient (Wildman–Crippen LogP) is 2.75. The zero-order valence-electron chi connectivity index (χ0n) is 12.9. The molecule has 0 saturated carbocycles. The highest BCUT2D eigenvalue weighted by molar-refractivity contribution is 6.02. The Morgan fingerprint density at radius 1 is 1.13 bits per heavy atom. The maximum absolute atomic E-state index is 13.0. The number of nitrogens with one attached hydrogen (secondary N) is 1. The zero-order valence-corrected chi connectivity index (χ0v) is 12.9. The van der Waals surface area contributed by atoms with Crippen molar-refractivity contribution in [2.24, 2.45) is 0 Å². The Hall–Kier alpha value is -2.59. The van der Waals surface area contributed by atoms with Crippen molar-refractivity contribution in [3.05, 3.63) is 65.4 Å². The fourth-order valence-corrected chi connectivity index (χ4v) is 3.51. The van der Waals surface area contributed by atoms with Crippen LogP contribution in [0.1, 0.15) is 21.6 Å². The molecule has 0 atom stereocenters. The van der Waals surface area contributed by atoms with Crippen molar-refractivity contribution in [2.75, 3.05) is 12.3 Å². The number of nitrogens with two attached hydrogens (primary N) is 1. The molecule has 0 bridgehead atoms. The summed E-state index contributed by atoms with van der Waals surface area (Å²) in [5.41, 5.74) is 11.2. The van der Waals surface area contributed by atoms with E-state index in [9.17, 15) is 4.79 Å². The molecule has 3 aromatic rings. The monoisotopic (exact) mass is 305 g/mol. The second-order valence-electron chi connectivity index (χ2n) is 5.98. The number of carbonyl (C=O) groups excluding carboxylic acids is 1. The van der Waals surface area contributed by atoms with E-state index in [1.807, 2.05) is 53.1 Å². The third-order valence-electron chi connectivity index (χ3n) is 4.53. The standard InChI is InChI=1S/C19H19N3O/c20-15-7-4-8-16-19(15)14-9-10-21-12-17(14)22(16)18(23)11-13-5-2-1-3-6-13/h1-8,21H,9-12,20H2. The molecule has 1 aliphatic heterocycles. The second-order valence-corrected chi connectivity index (χ2v) is 5.98. The van der Waals surface area contributed by atoms with E-state index in [1.54, 1.807) is 0 Å². The first kappa shape index (κ1) is 14.0. The minimum absolute atomic E-state index is 0.0942. The van der Waals surface area contributed by atoms with Gasteiger partial charge in [-0.05, 0) is 36.2 Å². The lowest BCUT2D eigenvalue weighted by Gasteiger charge is -2.16. The van der Waals surface area contributed by atoms with E-state index in [4.69, 9.17) is 5.73 Å². The lowest BCUT2D eigenvalue weighted by Crippen LogP contribution is -2.27. The summed E-state index contributed by atoms with van der Waals surface area (Å²) in [7, 11) is 0. The molecule has 0 amide bonds. The van der Waals surface area contributed by atoms with Crippen LogP contribution in [0.2, 0.25) is 0 Å². The molecule has 3 N–H and O–H groups in total. The molecule has 2 heterocycles. The smallest absolute Gasteiger partial charge is 0.235 e. The molecule has 4 nitrogen and oxygen atoms in total. The number of nitrogen functional groups attached to an aromatic ring is 1. The van der Waals surface area contributed by atoms with Crippen LogP contribution in [0.25, 0.3) is 10.9 Å². The van der Waals surface area contributed by atoms with Crippen molar-refractivity contribution < 1.29 is 4.79 Å². The van der Waals surface area contributed by atoms with Gasteiger partial charge in [-0.2, -0.15) is 0 Å². The van der Waals surface area contributed by atoms with Gasteiger partial charge in [-0.25, -0.2) is 0 Å². The van der Waals surface area contributed by atoms with Crippen molar-refractivity contribution in [1.82, 2.24) is 9.88 Å². The molecule has 4 heteroatoms. The lowest BCUT2D eigenvalue weighted by molar-refractivity contribution is 0.0915. The van der Waals surface area contributed by atoms with E-state index in [0.29, 0.717) is 13.0 Å². The topological polar surface area (TPSA) is 60.0 Å². The molecule has 23 heavy (non-hydrogen) atoms. The third-order valence-corrected chi connectivity index (χ3v) is 4.53. The summed E-state index contributed by atoms with van der Waals surface area (Å²) in [6.07, 6.45) is 1.30. The fraction of sp³-hybridized carbons (Fsp3) is 0.211. The number of carbonyl (C=O) groups is 1. The summed E-state index contributed by atoms with van der Waals surface area (Å²) >= 11 is 0. The number of benzene rings is 2. The van der Waals surface area contributed by atoms with Crippen molar-refractivity contribution in [3.63, 3.8) is 0 Å². The van der Waals surface area contributed by atoms with Crippen molar-refractivity contribution >= 4 is 22.5 Å². The molecule has 0 aliphatic carbocycles. The minimum atomic E-state index is 0.0942. The molecule has 0 saturated heterocycles. The van der Waals surface area contributed by atoms with Gasteiger partial charge in [0, 0.05) is 23.3 Å². The van der Waals surface area contributed by atoms with Gasteiger partial charge in [0.1, 0.15) is 0 Å². The van der Waals surface area contributed by atoms with Crippen LogP contribution in [0.5, 0.6) is 0 Å². The van der Waals surface area contributed by atoms with Gasteiger partial charge in [-0.3, -0.25) is 9.36 Å². The average Bonchev–Trinajstić information content (AvgIpc) is 2.91. The number of anilines is 1. The summed E-state index contributed by atoms with van der Waals surface area (Å²) < 4.78 is 1.86. The molecular formula is C19H19N3O. The average molecular weight is 305 g/mol. The number of hydrogen-bond donors (Lipinski definition) is 2. The Balaban J connectivity index is 1.86. The fourth-order valence-electron chi connectivity index (χ4n) is 3.51. The van der Waals surface area contributed by atoms with Gasteiger partial charge in [0.25, 0.3) is 0 Å². The summed E-state index contributed by atoms with van der Waals surface area (Å²) in [6, 6.07) is 15.7. The van der Waals surface area contributed by atoms with Gasteiger partial charge in [-0.15, -0.1) is 0 Å². The molecule has 116 valence electrons. The zero-order chi connectivity index (χ0) is 15.8. The maximum Gasteiger partial charge on any atom is 0.235 e. The van der Waals surface area contributed by atoms with Crippen LogP contribution < -0.4 is 11.1 Å². The Morgan fingerprint density at radius 3 is 2.78 bits per heavy atom.